The smallest absolute Gasteiger partial charge is 0.341 e. The number of aromatic carboxylic acids is 1. The number of hydrogen-bond acceptors (Lipinski definition) is 4. The predicted molar refractivity (Wildman–Crippen MR) is 59.9 cm³/mol. The van der Waals surface area contributed by atoms with E-state index >= 15 is 0 Å². The second-order valence-electron chi connectivity index (χ2n) is 4.10. The summed E-state index contributed by atoms with van der Waals surface area (Å²) in [5.74, 6) is -0.206. The Morgan fingerprint density at radius 1 is 1.31 bits per heavy atom. The first-order valence-electron chi connectivity index (χ1n) is 5.28. The number of piperazine rings is 1. The molecule has 0 saturated carbocycles. The van der Waals surface area contributed by atoms with E-state index in [4.69, 9.17) is 5.11 Å². The van der Waals surface area contributed by atoms with E-state index < -0.39 is 5.97 Å². The van der Waals surface area contributed by atoms with Crippen molar-refractivity contribution in [1.82, 2.24) is 14.7 Å². The second-order valence-corrected chi connectivity index (χ2v) is 4.10. The van der Waals surface area contributed by atoms with Crippen LogP contribution in [-0.4, -0.2) is 59.0 Å². The van der Waals surface area contributed by atoms with Gasteiger partial charge in [-0.2, -0.15) is 5.10 Å². The van der Waals surface area contributed by atoms with Gasteiger partial charge in [-0.25, -0.2) is 4.79 Å². The molecular weight excluding hydrogens is 208 g/mol. The van der Waals surface area contributed by atoms with E-state index in [1.54, 1.807) is 11.7 Å². The number of carboxylic acids is 1. The molecule has 1 fully saturated rings. The summed E-state index contributed by atoms with van der Waals surface area (Å²) in [6, 6.07) is 0. The Hall–Kier alpha value is -1.56. The Morgan fingerprint density at radius 3 is 2.50 bits per heavy atom. The van der Waals surface area contributed by atoms with E-state index in [0.717, 1.165) is 26.2 Å². The number of likely N-dealkylation sites (N-methyl/N-ethyl adjacent to an activating group) is 1. The van der Waals surface area contributed by atoms with Crippen molar-refractivity contribution in [2.24, 2.45) is 7.05 Å². The number of anilines is 1. The predicted octanol–water partition coefficient (Wildman–Crippen LogP) is -0.130. The minimum atomic E-state index is -0.915. The molecule has 1 aliphatic rings. The minimum Gasteiger partial charge on any atom is -0.477 e. The zero-order chi connectivity index (χ0) is 11.7. The Morgan fingerprint density at radius 2 is 1.94 bits per heavy atom. The molecule has 2 heterocycles. The summed E-state index contributed by atoms with van der Waals surface area (Å²) in [5, 5.41) is 13.1. The molecule has 2 rings (SSSR count). The van der Waals surface area contributed by atoms with Crippen LogP contribution >= 0.6 is 0 Å². The van der Waals surface area contributed by atoms with Gasteiger partial charge >= 0.3 is 5.97 Å². The molecule has 0 radical (unpaired) electrons. The van der Waals surface area contributed by atoms with Gasteiger partial charge in [-0.05, 0) is 7.05 Å². The molecule has 0 spiro atoms. The second kappa shape index (κ2) is 4.13. The lowest BCUT2D eigenvalue weighted by Crippen LogP contribution is -2.45. The fourth-order valence-corrected chi connectivity index (χ4v) is 1.98. The van der Waals surface area contributed by atoms with Gasteiger partial charge in [-0.1, -0.05) is 0 Å². The summed E-state index contributed by atoms with van der Waals surface area (Å²) in [4.78, 5) is 15.4. The van der Waals surface area contributed by atoms with Gasteiger partial charge < -0.3 is 14.9 Å². The summed E-state index contributed by atoms with van der Waals surface area (Å²) >= 11 is 0. The quantitative estimate of drug-likeness (QED) is 0.758. The fourth-order valence-electron chi connectivity index (χ4n) is 1.98. The van der Waals surface area contributed by atoms with Crippen LogP contribution in [0.2, 0.25) is 0 Å². The molecule has 6 heteroatoms. The van der Waals surface area contributed by atoms with Crippen molar-refractivity contribution in [3.05, 3.63) is 11.8 Å². The minimum absolute atomic E-state index is 0.284. The van der Waals surface area contributed by atoms with Gasteiger partial charge in [0.1, 0.15) is 11.4 Å². The Kier molecular flexibility index (Phi) is 2.82. The number of carbonyl (C=O) groups is 1. The van der Waals surface area contributed by atoms with Gasteiger partial charge in [0.15, 0.2) is 0 Å². The van der Waals surface area contributed by atoms with Gasteiger partial charge in [0, 0.05) is 33.2 Å². The van der Waals surface area contributed by atoms with E-state index in [2.05, 4.69) is 21.9 Å². The number of aromatic nitrogens is 2. The van der Waals surface area contributed by atoms with Crippen LogP contribution in [0.1, 0.15) is 10.4 Å². The first-order valence-corrected chi connectivity index (χ1v) is 5.28. The van der Waals surface area contributed by atoms with E-state index in [1.165, 1.54) is 6.20 Å². The van der Waals surface area contributed by atoms with Gasteiger partial charge in [-0.15, -0.1) is 0 Å². The van der Waals surface area contributed by atoms with Crippen molar-refractivity contribution in [1.29, 1.82) is 0 Å². The number of hydrogen-bond donors (Lipinski definition) is 1. The molecular formula is C10H16N4O2. The molecule has 0 bridgehead atoms. The first kappa shape index (κ1) is 10.9. The lowest BCUT2D eigenvalue weighted by Gasteiger charge is -2.34. The van der Waals surface area contributed by atoms with Gasteiger partial charge in [0.05, 0.1) is 6.20 Å². The Bertz CT molecular complexity index is 394. The lowest BCUT2D eigenvalue weighted by molar-refractivity contribution is 0.0697. The third-order valence-corrected chi connectivity index (χ3v) is 2.94. The highest BCUT2D eigenvalue weighted by Crippen LogP contribution is 2.20. The highest BCUT2D eigenvalue weighted by molar-refractivity contribution is 5.93. The SMILES string of the molecule is CN1CCN(c2c(C(=O)O)cnn2C)CC1. The van der Waals surface area contributed by atoms with E-state index in [0.29, 0.717) is 5.82 Å². The Labute approximate surface area is 94.1 Å². The molecule has 16 heavy (non-hydrogen) atoms. The highest BCUT2D eigenvalue weighted by atomic mass is 16.4. The number of rotatable bonds is 2. The molecule has 1 aliphatic heterocycles. The van der Waals surface area contributed by atoms with Gasteiger partial charge in [0.2, 0.25) is 0 Å². The van der Waals surface area contributed by atoms with Crippen LogP contribution in [0.3, 0.4) is 0 Å². The summed E-state index contributed by atoms with van der Waals surface area (Å²) in [6.07, 6.45) is 1.41. The standard InChI is InChI=1S/C10H16N4O2/c1-12-3-5-14(6-4-12)9-8(10(15)16)7-11-13(9)2/h7H,3-6H2,1-2H3,(H,15,16). The van der Waals surface area contributed by atoms with Crippen molar-refractivity contribution < 1.29 is 9.90 Å². The summed E-state index contributed by atoms with van der Waals surface area (Å²) in [5.41, 5.74) is 0.284. The fraction of sp³-hybridized carbons (Fsp3) is 0.600. The number of carboxylic acid groups (broad SMARTS) is 1. The van der Waals surface area contributed by atoms with Crippen LogP contribution in [-0.2, 0) is 7.05 Å². The molecule has 1 aromatic rings. The third-order valence-electron chi connectivity index (χ3n) is 2.94. The van der Waals surface area contributed by atoms with Crippen LogP contribution in [0, 0.1) is 0 Å². The number of aryl methyl sites for hydroxylation is 1. The van der Waals surface area contributed by atoms with E-state index in [9.17, 15) is 4.79 Å². The molecule has 0 aromatic carbocycles. The van der Waals surface area contributed by atoms with E-state index in [-0.39, 0.29) is 5.56 Å². The van der Waals surface area contributed by atoms with Crippen molar-refractivity contribution in [3.63, 3.8) is 0 Å². The van der Waals surface area contributed by atoms with Crippen molar-refractivity contribution in [2.75, 3.05) is 38.1 Å². The van der Waals surface area contributed by atoms with E-state index in [1.807, 2.05) is 0 Å². The summed E-state index contributed by atoms with van der Waals surface area (Å²) in [6.45, 7) is 3.58. The molecule has 88 valence electrons. The van der Waals surface area contributed by atoms with Crippen LogP contribution in [0.25, 0.3) is 0 Å². The molecule has 0 aliphatic carbocycles. The molecule has 6 nitrogen and oxygen atoms in total. The largest absolute Gasteiger partial charge is 0.477 e. The van der Waals surface area contributed by atoms with Crippen LogP contribution in [0.4, 0.5) is 5.82 Å². The molecule has 1 aromatic heterocycles. The van der Waals surface area contributed by atoms with Gasteiger partial charge in [-0.3, -0.25) is 4.68 Å². The maximum atomic E-state index is 11.1. The maximum Gasteiger partial charge on any atom is 0.341 e. The lowest BCUT2D eigenvalue weighted by atomic mass is 10.2. The average Bonchev–Trinajstić information content (AvgIpc) is 2.62. The zero-order valence-corrected chi connectivity index (χ0v) is 9.55. The summed E-state index contributed by atoms with van der Waals surface area (Å²) < 4.78 is 1.63. The summed E-state index contributed by atoms with van der Waals surface area (Å²) in [7, 11) is 3.85. The van der Waals surface area contributed by atoms with Crippen LogP contribution in [0.5, 0.6) is 0 Å². The van der Waals surface area contributed by atoms with Crippen molar-refractivity contribution in [2.45, 2.75) is 0 Å². The maximum absolute atomic E-state index is 11.1. The third kappa shape index (κ3) is 1.88. The molecule has 0 atom stereocenters. The Balaban J connectivity index is 2.25. The normalized spacial score (nSPS) is 17.8. The molecule has 1 saturated heterocycles. The van der Waals surface area contributed by atoms with Crippen LogP contribution in [0.15, 0.2) is 6.20 Å². The first-order chi connectivity index (χ1) is 7.59. The average molecular weight is 224 g/mol. The zero-order valence-electron chi connectivity index (χ0n) is 9.55. The highest BCUT2D eigenvalue weighted by Gasteiger charge is 2.23. The van der Waals surface area contributed by atoms with Crippen molar-refractivity contribution >= 4 is 11.8 Å². The molecule has 0 unspecified atom stereocenters. The molecule has 0 amide bonds. The monoisotopic (exact) mass is 224 g/mol. The van der Waals surface area contributed by atoms with Crippen LogP contribution < -0.4 is 4.90 Å². The van der Waals surface area contributed by atoms with Crippen molar-refractivity contribution in [3.8, 4) is 0 Å². The van der Waals surface area contributed by atoms with Gasteiger partial charge in [0.25, 0.3) is 0 Å². The topological polar surface area (TPSA) is 61.6 Å². The number of nitrogens with zero attached hydrogens (tertiary/aromatic N) is 4. The molecule has 1 N–H and O–H groups in total.